The van der Waals surface area contributed by atoms with Gasteiger partial charge in [0.15, 0.2) is 0 Å². The summed E-state index contributed by atoms with van der Waals surface area (Å²) in [6.07, 6.45) is 0.0308. The lowest BCUT2D eigenvalue weighted by Gasteiger charge is -2.37. The molecule has 7 heteroatoms. The molecule has 0 bridgehead atoms. The van der Waals surface area contributed by atoms with Crippen molar-refractivity contribution < 1.29 is 19.5 Å². The maximum Gasteiger partial charge on any atom is 0.308 e. The number of carbonyl (C=O) groups excluding carboxylic acids is 2. The monoisotopic (exact) mass is 393 g/mol. The first-order valence-electron chi connectivity index (χ1n) is 9.76. The zero-order valence-corrected chi connectivity index (χ0v) is 16.0. The molecule has 0 aromatic heterocycles. The van der Waals surface area contributed by atoms with Crippen LogP contribution in [0.4, 0.5) is 11.4 Å². The van der Waals surface area contributed by atoms with Crippen LogP contribution in [-0.4, -0.2) is 60.5 Å². The van der Waals surface area contributed by atoms with Crippen molar-refractivity contribution in [1.29, 1.82) is 0 Å². The van der Waals surface area contributed by atoms with Crippen LogP contribution >= 0.6 is 0 Å². The van der Waals surface area contributed by atoms with E-state index in [4.69, 9.17) is 0 Å². The van der Waals surface area contributed by atoms with Gasteiger partial charge in [-0.1, -0.05) is 30.3 Å². The zero-order chi connectivity index (χ0) is 20.4. The number of anilines is 2. The summed E-state index contributed by atoms with van der Waals surface area (Å²) in [6.45, 7) is 2.68. The molecule has 2 aliphatic heterocycles. The molecule has 2 saturated heterocycles. The fraction of sp³-hybridized carbons (Fsp3) is 0.318. The molecule has 29 heavy (non-hydrogen) atoms. The van der Waals surface area contributed by atoms with Crippen molar-refractivity contribution in [3.8, 4) is 0 Å². The molecular weight excluding hydrogens is 370 g/mol. The maximum atomic E-state index is 12.7. The van der Waals surface area contributed by atoms with Gasteiger partial charge in [0, 0.05) is 44.7 Å². The molecule has 0 radical (unpaired) electrons. The number of aliphatic carboxylic acids is 1. The summed E-state index contributed by atoms with van der Waals surface area (Å²) in [6, 6.07) is 16.8. The number of para-hydroxylation sites is 2. The van der Waals surface area contributed by atoms with Gasteiger partial charge in [0.1, 0.15) is 0 Å². The van der Waals surface area contributed by atoms with Gasteiger partial charge in [-0.2, -0.15) is 0 Å². The standard InChI is InChI=1S/C22H23N3O4/c26-20-14-17(22(28)29)15-25(20)19-9-5-4-8-18(19)23-10-12-24(13-11-23)21(27)16-6-2-1-3-7-16/h1-9,17H,10-15H2,(H,28,29). The van der Waals surface area contributed by atoms with Crippen LogP contribution in [0, 0.1) is 5.92 Å². The van der Waals surface area contributed by atoms with E-state index in [1.807, 2.05) is 59.5 Å². The molecule has 2 amide bonds. The smallest absolute Gasteiger partial charge is 0.308 e. The highest BCUT2D eigenvalue weighted by Crippen LogP contribution is 2.34. The van der Waals surface area contributed by atoms with E-state index >= 15 is 0 Å². The molecule has 1 N–H and O–H groups in total. The molecular formula is C22H23N3O4. The SMILES string of the molecule is O=C(O)C1CC(=O)N(c2ccccc2N2CCN(C(=O)c3ccccc3)CC2)C1. The van der Waals surface area contributed by atoms with E-state index in [1.165, 1.54) is 0 Å². The van der Waals surface area contributed by atoms with Crippen LogP contribution in [0.15, 0.2) is 54.6 Å². The maximum absolute atomic E-state index is 12.7. The van der Waals surface area contributed by atoms with Gasteiger partial charge in [-0.25, -0.2) is 0 Å². The van der Waals surface area contributed by atoms with Gasteiger partial charge < -0.3 is 19.8 Å². The fourth-order valence-corrected chi connectivity index (χ4v) is 3.98. The Morgan fingerprint density at radius 1 is 0.862 bits per heavy atom. The van der Waals surface area contributed by atoms with Gasteiger partial charge in [-0.15, -0.1) is 0 Å². The number of rotatable bonds is 4. The summed E-state index contributed by atoms with van der Waals surface area (Å²) in [5.74, 6) is -1.75. The van der Waals surface area contributed by atoms with Gasteiger partial charge in [0.05, 0.1) is 17.3 Å². The molecule has 150 valence electrons. The number of piperazine rings is 1. The summed E-state index contributed by atoms with van der Waals surface area (Å²) in [5.41, 5.74) is 2.33. The summed E-state index contributed by atoms with van der Waals surface area (Å²) < 4.78 is 0. The van der Waals surface area contributed by atoms with Crippen LogP contribution in [0.5, 0.6) is 0 Å². The Kier molecular flexibility index (Phi) is 5.20. The lowest BCUT2D eigenvalue weighted by molar-refractivity contribution is -0.141. The molecule has 2 fully saturated rings. The number of carbonyl (C=O) groups is 3. The van der Waals surface area contributed by atoms with E-state index in [9.17, 15) is 19.5 Å². The van der Waals surface area contributed by atoms with Crippen LogP contribution in [0.25, 0.3) is 0 Å². The number of benzene rings is 2. The highest BCUT2D eigenvalue weighted by atomic mass is 16.4. The van der Waals surface area contributed by atoms with Crippen LogP contribution < -0.4 is 9.80 Å². The second-order valence-corrected chi connectivity index (χ2v) is 7.38. The summed E-state index contributed by atoms with van der Waals surface area (Å²) in [4.78, 5) is 42.0. The van der Waals surface area contributed by atoms with Crippen LogP contribution in [0.1, 0.15) is 16.8 Å². The molecule has 0 aliphatic carbocycles. The number of amides is 2. The number of hydrogen-bond acceptors (Lipinski definition) is 4. The third-order valence-electron chi connectivity index (χ3n) is 5.58. The molecule has 1 unspecified atom stereocenters. The first-order chi connectivity index (χ1) is 14.0. The predicted molar refractivity (Wildman–Crippen MR) is 109 cm³/mol. The summed E-state index contributed by atoms with van der Waals surface area (Å²) >= 11 is 0. The molecule has 0 saturated carbocycles. The number of carboxylic acids is 1. The Labute approximate surface area is 169 Å². The first kappa shape index (κ1) is 19.0. The van der Waals surface area contributed by atoms with Crippen molar-refractivity contribution >= 4 is 29.2 Å². The Bertz CT molecular complexity index is 923. The van der Waals surface area contributed by atoms with Gasteiger partial charge in [-0.05, 0) is 24.3 Å². The van der Waals surface area contributed by atoms with Gasteiger partial charge in [0.25, 0.3) is 5.91 Å². The Hall–Kier alpha value is -3.35. The molecule has 2 aromatic carbocycles. The van der Waals surface area contributed by atoms with E-state index in [0.717, 1.165) is 11.4 Å². The van der Waals surface area contributed by atoms with E-state index in [-0.39, 0.29) is 24.8 Å². The van der Waals surface area contributed by atoms with Gasteiger partial charge in [-0.3, -0.25) is 14.4 Å². The minimum absolute atomic E-state index is 0.0255. The van der Waals surface area contributed by atoms with E-state index in [1.54, 1.807) is 4.90 Å². The van der Waals surface area contributed by atoms with Crippen molar-refractivity contribution in [3.05, 3.63) is 60.2 Å². The molecule has 4 rings (SSSR count). The summed E-state index contributed by atoms with van der Waals surface area (Å²) in [7, 11) is 0. The molecule has 7 nitrogen and oxygen atoms in total. The highest BCUT2D eigenvalue weighted by molar-refractivity contribution is 6.01. The van der Waals surface area contributed by atoms with Gasteiger partial charge in [0.2, 0.25) is 5.91 Å². The molecule has 2 aliphatic rings. The minimum atomic E-state index is -0.939. The number of carboxylic acid groups (broad SMARTS) is 1. The third kappa shape index (κ3) is 3.81. The molecule has 0 spiro atoms. The van der Waals surface area contributed by atoms with Crippen LogP contribution in [0.2, 0.25) is 0 Å². The number of hydrogen-bond donors (Lipinski definition) is 1. The lowest BCUT2D eigenvalue weighted by atomic mass is 10.1. The van der Waals surface area contributed by atoms with Gasteiger partial charge >= 0.3 is 5.97 Å². The Morgan fingerprint density at radius 3 is 2.10 bits per heavy atom. The molecule has 1 atom stereocenters. The Morgan fingerprint density at radius 2 is 1.48 bits per heavy atom. The summed E-state index contributed by atoms with van der Waals surface area (Å²) in [5, 5.41) is 9.26. The highest BCUT2D eigenvalue weighted by Gasteiger charge is 2.36. The Balaban J connectivity index is 1.48. The fourth-order valence-electron chi connectivity index (χ4n) is 3.98. The van der Waals surface area contributed by atoms with Crippen molar-refractivity contribution in [2.24, 2.45) is 5.92 Å². The minimum Gasteiger partial charge on any atom is -0.481 e. The van der Waals surface area contributed by atoms with Crippen molar-refractivity contribution in [2.75, 3.05) is 42.5 Å². The molecule has 2 heterocycles. The second-order valence-electron chi connectivity index (χ2n) is 7.38. The topological polar surface area (TPSA) is 81.2 Å². The van der Waals surface area contributed by atoms with Crippen molar-refractivity contribution in [2.45, 2.75) is 6.42 Å². The average Bonchev–Trinajstić information content (AvgIpc) is 3.16. The first-order valence-corrected chi connectivity index (χ1v) is 9.76. The third-order valence-corrected chi connectivity index (χ3v) is 5.58. The molecule has 2 aromatic rings. The predicted octanol–water partition coefficient (Wildman–Crippen LogP) is 2.09. The zero-order valence-electron chi connectivity index (χ0n) is 16.0. The lowest BCUT2D eigenvalue weighted by Crippen LogP contribution is -2.49. The van der Waals surface area contributed by atoms with Crippen molar-refractivity contribution in [1.82, 2.24) is 4.90 Å². The van der Waals surface area contributed by atoms with Crippen LogP contribution in [-0.2, 0) is 9.59 Å². The second kappa shape index (κ2) is 7.95. The van der Waals surface area contributed by atoms with E-state index < -0.39 is 11.9 Å². The number of nitrogens with zero attached hydrogens (tertiary/aromatic N) is 3. The average molecular weight is 393 g/mol. The van der Waals surface area contributed by atoms with Crippen molar-refractivity contribution in [3.63, 3.8) is 0 Å². The van der Waals surface area contributed by atoms with Crippen LogP contribution in [0.3, 0.4) is 0 Å². The quantitative estimate of drug-likeness (QED) is 0.860. The van der Waals surface area contributed by atoms with E-state index in [0.29, 0.717) is 31.7 Å². The largest absolute Gasteiger partial charge is 0.481 e. The van der Waals surface area contributed by atoms with E-state index in [2.05, 4.69) is 4.90 Å². The normalized spacial score (nSPS) is 19.5.